The highest BCUT2D eigenvalue weighted by molar-refractivity contribution is 7.92. The molecule has 8 nitrogen and oxygen atoms in total. The van der Waals surface area contributed by atoms with E-state index in [1.807, 2.05) is 32.0 Å². The first-order valence-electron chi connectivity index (χ1n) is 11.2. The molecule has 0 aliphatic heterocycles. The van der Waals surface area contributed by atoms with Gasteiger partial charge in [-0.1, -0.05) is 47.1 Å². The number of carbonyl (C=O) groups is 1. The maximum atomic E-state index is 13.1. The number of para-hydroxylation sites is 1. The summed E-state index contributed by atoms with van der Waals surface area (Å²) in [4.78, 5) is 12.7. The summed E-state index contributed by atoms with van der Waals surface area (Å²) in [5.41, 5.74) is 4.19. The summed E-state index contributed by atoms with van der Waals surface area (Å²) < 4.78 is 33.1. The number of carbonyl (C=O) groups excluding carboxylic acids is 1. The Bertz CT molecular complexity index is 1430. The molecule has 1 heterocycles. The number of amides is 1. The van der Waals surface area contributed by atoms with E-state index in [-0.39, 0.29) is 23.0 Å². The number of nitrogens with zero attached hydrogens (tertiary/aromatic N) is 3. The van der Waals surface area contributed by atoms with Gasteiger partial charge >= 0.3 is 6.01 Å². The molecule has 4 aromatic rings. The van der Waals surface area contributed by atoms with Gasteiger partial charge in [0.25, 0.3) is 15.9 Å². The fourth-order valence-electron chi connectivity index (χ4n) is 3.74. The second kappa shape index (κ2) is 10.1. The Hall–Kier alpha value is -3.98. The van der Waals surface area contributed by atoms with Crippen LogP contribution in [0.25, 0.3) is 0 Å². The molecule has 4 rings (SSSR count). The summed E-state index contributed by atoms with van der Waals surface area (Å²) >= 11 is 0. The lowest BCUT2D eigenvalue weighted by Gasteiger charge is -2.22. The molecule has 0 atom stereocenters. The Labute approximate surface area is 204 Å². The van der Waals surface area contributed by atoms with Crippen molar-refractivity contribution in [2.75, 3.05) is 16.2 Å². The van der Waals surface area contributed by atoms with E-state index in [9.17, 15) is 13.2 Å². The smallest absolute Gasteiger partial charge is 0.322 e. The van der Waals surface area contributed by atoms with Crippen LogP contribution in [0.15, 0.2) is 82.1 Å². The van der Waals surface area contributed by atoms with Crippen molar-refractivity contribution in [3.05, 3.63) is 101 Å². The molecule has 35 heavy (non-hydrogen) atoms. The van der Waals surface area contributed by atoms with Crippen molar-refractivity contribution in [2.24, 2.45) is 0 Å². The fraction of sp³-hybridized carbons (Fsp3) is 0.192. The monoisotopic (exact) mass is 490 g/mol. The molecule has 3 aromatic carbocycles. The predicted octanol–water partition coefficient (Wildman–Crippen LogP) is 4.74. The molecule has 0 bridgehead atoms. The third-order valence-electron chi connectivity index (χ3n) is 5.56. The van der Waals surface area contributed by atoms with Crippen LogP contribution in [0.5, 0.6) is 0 Å². The first-order chi connectivity index (χ1) is 16.8. The van der Waals surface area contributed by atoms with Gasteiger partial charge < -0.3 is 4.42 Å². The van der Waals surface area contributed by atoms with Crippen LogP contribution in [-0.2, 0) is 16.4 Å². The van der Waals surface area contributed by atoms with Gasteiger partial charge in [0.2, 0.25) is 5.89 Å². The van der Waals surface area contributed by atoms with Crippen LogP contribution in [0.2, 0.25) is 0 Å². The maximum absolute atomic E-state index is 13.1. The standard InChI is InChI=1S/C26H26N4O4S/c1-4-30(22-8-6-5-7-9-22)35(32,33)23-14-12-20(13-15-23)25(31)27-26-29-28-24(34-26)17-21-11-10-18(2)16-19(21)3/h5-16H,4,17H2,1-3H3,(H,27,29,31). The molecule has 1 amide bonds. The minimum Gasteiger partial charge on any atom is -0.407 e. The van der Waals surface area contributed by atoms with Gasteiger partial charge in [-0.3, -0.25) is 14.4 Å². The zero-order chi connectivity index (χ0) is 25.0. The van der Waals surface area contributed by atoms with Gasteiger partial charge in [0.1, 0.15) is 0 Å². The Kier molecular flexibility index (Phi) is 6.97. The predicted molar refractivity (Wildman–Crippen MR) is 134 cm³/mol. The van der Waals surface area contributed by atoms with Gasteiger partial charge in [0.05, 0.1) is 17.0 Å². The summed E-state index contributed by atoms with van der Waals surface area (Å²) in [5.74, 6) is -0.0969. The Morgan fingerprint density at radius 3 is 2.34 bits per heavy atom. The molecule has 180 valence electrons. The van der Waals surface area contributed by atoms with E-state index < -0.39 is 15.9 Å². The largest absolute Gasteiger partial charge is 0.407 e. The lowest BCUT2D eigenvalue weighted by atomic mass is 10.0. The average molecular weight is 491 g/mol. The highest BCUT2D eigenvalue weighted by Gasteiger charge is 2.24. The van der Waals surface area contributed by atoms with Crippen molar-refractivity contribution >= 4 is 27.6 Å². The first kappa shape index (κ1) is 24.2. The highest BCUT2D eigenvalue weighted by atomic mass is 32.2. The van der Waals surface area contributed by atoms with Gasteiger partial charge in [0, 0.05) is 12.1 Å². The minimum atomic E-state index is -3.78. The molecule has 1 aromatic heterocycles. The van der Waals surface area contributed by atoms with Gasteiger partial charge in [-0.25, -0.2) is 8.42 Å². The summed E-state index contributed by atoms with van der Waals surface area (Å²) in [6, 6.07) is 20.7. The van der Waals surface area contributed by atoms with Crippen molar-refractivity contribution in [1.82, 2.24) is 10.2 Å². The van der Waals surface area contributed by atoms with Crippen LogP contribution in [0.4, 0.5) is 11.7 Å². The second-order valence-corrected chi connectivity index (χ2v) is 9.95. The quantitative estimate of drug-likeness (QED) is 0.382. The SMILES string of the molecule is CCN(c1ccccc1)S(=O)(=O)c1ccc(C(=O)Nc2nnc(Cc3ccc(C)cc3C)o2)cc1. The summed E-state index contributed by atoms with van der Waals surface area (Å²) in [6.45, 7) is 6.09. The third kappa shape index (κ3) is 5.41. The zero-order valence-corrected chi connectivity index (χ0v) is 20.5. The Morgan fingerprint density at radius 1 is 0.971 bits per heavy atom. The molecule has 0 aliphatic rings. The third-order valence-corrected chi connectivity index (χ3v) is 7.48. The van der Waals surface area contributed by atoms with Gasteiger partial charge in [-0.15, -0.1) is 5.10 Å². The van der Waals surface area contributed by atoms with E-state index in [1.165, 1.54) is 34.1 Å². The number of aromatic nitrogens is 2. The van der Waals surface area contributed by atoms with Gasteiger partial charge in [-0.05, 0) is 68.3 Å². The van der Waals surface area contributed by atoms with E-state index >= 15 is 0 Å². The number of nitrogens with one attached hydrogen (secondary N) is 1. The van der Waals surface area contributed by atoms with E-state index in [0.717, 1.165) is 11.1 Å². The van der Waals surface area contributed by atoms with Crippen molar-refractivity contribution < 1.29 is 17.6 Å². The zero-order valence-electron chi connectivity index (χ0n) is 19.7. The molecule has 1 N–H and O–H groups in total. The molecule has 0 unspecified atom stereocenters. The van der Waals surface area contributed by atoms with Crippen LogP contribution < -0.4 is 9.62 Å². The number of aryl methyl sites for hydroxylation is 2. The van der Waals surface area contributed by atoms with E-state index in [2.05, 4.69) is 21.6 Å². The van der Waals surface area contributed by atoms with Crippen LogP contribution in [-0.4, -0.2) is 31.1 Å². The molecular formula is C26H26N4O4S. The summed E-state index contributed by atoms with van der Waals surface area (Å²) in [7, 11) is -3.78. The molecule has 0 saturated carbocycles. The van der Waals surface area contributed by atoms with Crippen molar-refractivity contribution in [3.63, 3.8) is 0 Å². The lowest BCUT2D eigenvalue weighted by molar-refractivity contribution is 0.102. The summed E-state index contributed by atoms with van der Waals surface area (Å²) in [5, 5.41) is 10.5. The number of rotatable bonds is 8. The van der Waals surface area contributed by atoms with E-state index in [4.69, 9.17) is 4.42 Å². The van der Waals surface area contributed by atoms with Crippen molar-refractivity contribution in [2.45, 2.75) is 32.1 Å². The van der Waals surface area contributed by atoms with Crippen LogP contribution in [0.1, 0.15) is 39.9 Å². The van der Waals surface area contributed by atoms with Crippen LogP contribution in [0, 0.1) is 13.8 Å². The maximum Gasteiger partial charge on any atom is 0.322 e. The van der Waals surface area contributed by atoms with Crippen molar-refractivity contribution in [1.29, 1.82) is 0 Å². The number of sulfonamides is 1. The number of hydrogen-bond donors (Lipinski definition) is 1. The van der Waals surface area contributed by atoms with Crippen LogP contribution in [0.3, 0.4) is 0 Å². The van der Waals surface area contributed by atoms with Gasteiger partial charge in [0.15, 0.2) is 0 Å². The minimum absolute atomic E-state index is 0.0206. The Morgan fingerprint density at radius 2 is 1.69 bits per heavy atom. The molecule has 0 aliphatic carbocycles. The van der Waals surface area contributed by atoms with E-state index in [1.54, 1.807) is 31.2 Å². The summed E-state index contributed by atoms with van der Waals surface area (Å²) in [6.07, 6.45) is 0.455. The molecule has 0 fully saturated rings. The molecular weight excluding hydrogens is 464 g/mol. The van der Waals surface area contributed by atoms with Crippen molar-refractivity contribution in [3.8, 4) is 0 Å². The topological polar surface area (TPSA) is 105 Å². The second-order valence-electron chi connectivity index (χ2n) is 8.09. The molecule has 0 saturated heterocycles. The molecule has 0 radical (unpaired) electrons. The number of benzene rings is 3. The number of anilines is 2. The lowest BCUT2D eigenvalue weighted by Crippen LogP contribution is -2.30. The fourth-order valence-corrected chi connectivity index (χ4v) is 5.22. The molecule has 0 spiro atoms. The van der Waals surface area contributed by atoms with E-state index in [0.29, 0.717) is 18.0 Å². The first-order valence-corrected chi connectivity index (χ1v) is 12.6. The Balaban J connectivity index is 1.45. The van der Waals surface area contributed by atoms with Gasteiger partial charge in [-0.2, -0.15) is 0 Å². The van der Waals surface area contributed by atoms with Crippen LogP contribution >= 0.6 is 0 Å². The number of hydrogen-bond acceptors (Lipinski definition) is 6. The normalized spacial score (nSPS) is 11.3. The average Bonchev–Trinajstić information content (AvgIpc) is 3.28. The molecule has 9 heteroatoms. The highest BCUT2D eigenvalue weighted by Crippen LogP contribution is 2.24.